The minimum absolute atomic E-state index is 0.0684. The molecule has 1 heterocycles. The first-order valence-electron chi connectivity index (χ1n) is 11.4. The van der Waals surface area contributed by atoms with Crippen molar-refractivity contribution in [3.8, 4) is 17.0 Å². The molecule has 2 rings (SSSR count). The van der Waals surface area contributed by atoms with E-state index in [9.17, 15) is 14.9 Å². The Morgan fingerprint density at radius 3 is 2.54 bits per heavy atom. The zero-order valence-electron chi connectivity index (χ0n) is 20.7. The van der Waals surface area contributed by atoms with Crippen molar-refractivity contribution in [3.63, 3.8) is 0 Å². The monoisotopic (exact) mass is 476 g/mol. The number of nitro groups is 1. The molecule has 1 aromatic heterocycles. The van der Waals surface area contributed by atoms with Crippen molar-refractivity contribution >= 4 is 18.1 Å². The fourth-order valence-electron chi connectivity index (χ4n) is 3.68. The van der Waals surface area contributed by atoms with Crippen LogP contribution in [-0.2, 0) is 16.0 Å². The summed E-state index contributed by atoms with van der Waals surface area (Å²) in [5.41, 5.74) is 4.44. The Morgan fingerprint density at radius 2 is 2.00 bits per heavy atom. The van der Waals surface area contributed by atoms with Gasteiger partial charge in [-0.1, -0.05) is 37.5 Å². The lowest BCUT2D eigenvalue weighted by Gasteiger charge is -2.13. The van der Waals surface area contributed by atoms with Gasteiger partial charge >= 0.3 is 12.0 Å². The van der Waals surface area contributed by atoms with E-state index < -0.39 is 16.9 Å². The van der Waals surface area contributed by atoms with Gasteiger partial charge in [-0.05, 0) is 80.8 Å². The second-order valence-corrected chi connectivity index (χ2v) is 7.65. The molecule has 0 amide bonds. The number of hydrogen-bond acceptors (Lipinski definition) is 5. The number of nitrogens with zero attached hydrogens (tertiary/aromatic N) is 1. The molecule has 7 heteroatoms. The first-order chi connectivity index (χ1) is 16.8. The van der Waals surface area contributed by atoms with Crippen LogP contribution in [0, 0.1) is 17.0 Å². The van der Waals surface area contributed by atoms with E-state index in [-0.39, 0.29) is 13.0 Å². The second-order valence-electron chi connectivity index (χ2n) is 7.65. The summed E-state index contributed by atoms with van der Waals surface area (Å²) in [5, 5.41) is 11.7. The second kappa shape index (κ2) is 12.9. The highest BCUT2D eigenvalue weighted by Gasteiger charge is 2.34. The average Bonchev–Trinajstić information content (AvgIpc) is 3.16. The lowest BCUT2D eigenvalue weighted by atomic mass is 9.96. The van der Waals surface area contributed by atoms with Gasteiger partial charge in [-0.2, -0.15) is 0 Å². The van der Waals surface area contributed by atoms with Gasteiger partial charge in [0.2, 0.25) is 0 Å². The molecular formula is C28H32N2O5. The molecule has 7 nitrogen and oxygen atoms in total. The van der Waals surface area contributed by atoms with E-state index in [2.05, 4.69) is 18.1 Å². The topological polar surface area (TPSA) is 94.5 Å². The number of aromatic nitrogens is 1. The van der Waals surface area contributed by atoms with Gasteiger partial charge in [0.15, 0.2) is 0 Å². The van der Waals surface area contributed by atoms with Crippen LogP contribution in [0.5, 0.6) is 5.75 Å². The number of esters is 1. The van der Waals surface area contributed by atoms with Crippen molar-refractivity contribution in [2.24, 2.45) is 0 Å². The number of rotatable bonds is 12. The molecule has 0 aliphatic carbocycles. The predicted octanol–water partition coefficient (Wildman–Crippen LogP) is 6.44. The highest BCUT2D eigenvalue weighted by molar-refractivity contribution is 5.80. The van der Waals surface area contributed by atoms with Crippen molar-refractivity contribution < 1.29 is 19.2 Å². The van der Waals surface area contributed by atoms with Crippen molar-refractivity contribution in [2.45, 2.75) is 40.2 Å². The van der Waals surface area contributed by atoms with E-state index >= 15 is 0 Å². The van der Waals surface area contributed by atoms with Gasteiger partial charge in [-0.3, -0.25) is 10.1 Å². The van der Waals surface area contributed by atoms with Crippen LogP contribution in [0.25, 0.3) is 23.4 Å². The summed E-state index contributed by atoms with van der Waals surface area (Å²) in [7, 11) is 0. The molecule has 1 unspecified atom stereocenters. The van der Waals surface area contributed by atoms with Gasteiger partial charge in [0, 0.05) is 21.9 Å². The van der Waals surface area contributed by atoms with Crippen molar-refractivity contribution in [2.75, 3.05) is 6.61 Å². The van der Waals surface area contributed by atoms with Crippen molar-refractivity contribution in [3.05, 3.63) is 100.0 Å². The van der Waals surface area contributed by atoms with Crippen molar-refractivity contribution in [1.82, 2.24) is 4.98 Å². The maximum Gasteiger partial charge on any atom is 0.382 e. The van der Waals surface area contributed by atoms with Crippen LogP contribution in [0.15, 0.2) is 67.5 Å². The summed E-state index contributed by atoms with van der Waals surface area (Å²) in [6.07, 6.45) is 12.3. The molecule has 0 spiro atoms. The van der Waals surface area contributed by atoms with E-state index in [0.717, 1.165) is 16.7 Å². The van der Waals surface area contributed by atoms with Crippen LogP contribution in [0.2, 0.25) is 0 Å². The lowest BCUT2D eigenvalue weighted by molar-refractivity contribution is -0.510. The van der Waals surface area contributed by atoms with Crippen LogP contribution in [0.3, 0.4) is 0 Å². The standard InChI is InChI=1S/C28H32N2O5/c1-7-12-21(13-8-2)35-26-16-15-20(17-19(26)6)27-23(22(14-9-3)24(10-4)29-27)18-25(30(32)33)28(31)34-11-5/h7-10,12-17,25,29H,1,4,11,18H2,2-3,5-6H3/b13-8-,14-9-,21-12+. The van der Waals surface area contributed by atoms with Gasteiger partial charge in [0.1, 0.15) is 11.5 Å². The van der Waals surface area contributed by atoms with Crippen LogP contribution in [0.1, 0.15) is 43.2 Å². The highest BCUT2D eigenvalue weighted by atomic mass is 16.6. The number of carbonyl (C=O) groups is 1. The first kappa shape index (κ1) is 27.1. The summed E-state index contributed by atoms with van der Waals surface area (Å²) >= 11 is 0. The van der Waals surface area contributed by atoms with Crippen LogP contribution < -0.4 is 4.74 Å². The number of ether oxygens (including phenoxy) is 2. The smallest absolute Gasteiger partial charge is 0.382 e. The number of carbonyl (C=O) groups excluding carboxylic acids is 1. The summed E-state index contributed by atoms with van der Waals surface area (Å²) in [4.78, 5) is 26.8. The SMILES string of the molecule is C=C/C=C(\C=C/C)Oc1ccc(-c2[nH]c(C=C)c(/C=C\C)c2CC(C(=O)OCC)[N+](=O)[O-])cc1C. The molecule has 0 fully saturated rings. The molecule has 0 radical (unpaired) electrons. The number of H-pyrrole nitrogens is 1. The largest absolute Gasteiger partial charge is 0.461 e. The molecule has 0 saturated carbocycles. The quantitative estimate of drug-likeness (QED) is 0.125. The normalized spacial score (nSPS) is 12.6. The van der Waals surface area contributed by atoms with Crippen LogP contribution >= 0.6 is 0 Å². The number of hydrogen-bond donors (Lipinski definition) is 1. The third-order valence-corrected chi connectivity index (χ3v) is 5.23. The molecule has 1 atom stereocenters. The third kappa shape index (κ3) is 6.69. The Hall–Kier alpha value is -4.13. The Labute approximate surface area is 206 Å². The Bertz CT molecular complexity index is 1180. The number of aryl methyl sites for hydroxylation is 1. The summed E-state index contributed by atoms with van der Waals surface area (Å²) in [5.74, 6) is 0.452. The summed E-state index contributed by atoms with van der Waals surface area (Å²) in [6, 6.07) is 4.12. The summed E-state index contributed by atoms with van der Waals surface area (Å²) < 4.78 is 11.0. The van der Waals surface area contributed by atoms with Gasteiger partial charge in [-0.15, -0.1) is 0 Å². The average molecular weight is 477 g/mol. The number of nitrogens with one attached hydrogen (secondary N) is 1. The molecule has 0 bridgehead atoms. The predicted molar refractivity (Wildman–Crippen MR) is 141 cm³/mol. The molecular weight excluding hydrogens is 444 g/mol. The van der Waals surface area contributed by atoms with E-state index in [0.29, 0.717) is 28.5 Å². The molecule has 0 saturated heterocycles. The summed E-state index contributed by atoms with van der Waals surface area (Å²) in [6.45, 7) is 14.9. The van der Waals surface area contributed by atoms with Gasteiger partial charge in [0.05, 0.1) is 13.0 Å². The molecule has 184 valence electrons. The van der Waals surface area contributed by atoms with Crippen molar-refractivity contribution in [1.29, 1.82) is 0 Å². The number of allylic oxidation sites excluding steroid dienone is 5. The fourth-order valence-corrected chi connectivity index (χ4v) is 3.68. The Kier molecular flexibility index (Phi) is 10.0. The first-order valence-corrected chi connectivity index (χ1v) is 11.4. The zero-order valence-corrected chi connectivity index (χ0v) is 20.7. The van der Waals surface area contributed by atoms with E-state index in [1.54, 1.807) is 25.2 Å². The van der Waals surface area contributed by atoms with E-state index in [1.165, 1.54) is 0 Å². The lowest BCUT2D eigenvalue weighted by Crippen LogP contribution is -2.33. The highest BCUT2D eigenvalue weighted by Crippen LogP contribution is 2.34. The minimum Gasteiger partial charge on any atom is -0.461 e. The molecule has 0 aliphatic rings. The van der Waals surface area contributed by atoms with Crippen LogP contribution in [-0.4, -0.2) is 28.5 Å². The van der Waals surface area contributed by atoms with E-state index in [4.69, 9.17) is 9.47 Å². The molecule has 1 aromatic carbocycles. The molecule has 35 heavy (non-hydrogen) atoms. The Morgan fingerprint density at radius 1 is 1.26 bits per heavy atom. The van der Waals surface area contributed by atoms with Gasteiger partial charge in [-0.25, -0.2) is 4.79 Å². The maximum absolute atomic E-state index is 12.3. The molecule has 2 aromatic rings. The fraction of sp³-hybridized carbons (Fsp3) is 0.250. The zero-order chi connectivity index (χ0) is 26.0. The van der Waals surface area contributed by atoms with Gasteiger partial charge < -0.3 is 14.5 Å². The number of benzene rings is 1. The maximum atomic E-state index is 12.3. The molecule has 1 N–H and O–H groups in total. The van der Waals surface area contributed by atoms with Gasteiger partial charge in [0.25, 0.3) is 0 Å². The molecule has 0 aliphatic heterocycles. The van der Waals surface area contributed by atoms with Crippen LogP contribution in [0.4, 0.5) is 0 Å². The Balaban J connectivity index is 2.61. The number of aromatic amines is 1. The third-order valence-electron chi connectivity index (χ3n) is 5.23. The van der Waals surface area contributed by atoms with E-state index in [1.807, 2.05) is 63.3 Å². The minimum atomic E-state index is -1.53.